The van der Waals surface area contributed by atoms with Crippen LogP contribution in [0.1, 0.15) is 13.8 Å². The average molecular weight is 360 g/mol. The minimum Gasteiger partial charge on any atom is -0.455 e. The molecule has 6 nitrogen and oxygen atoms in total. The van der Waals surface area contributed by atoms with Crippen molar-refractivity contribution in [3.8, 4) is 0 Å². The second-order valence-corrected chi connectivity index (χ2v) is 6.04. The summed E-state index contributed by atoms with van der Waals surface area (Å²) in [7, 11) is 0. The standard InChI is InChI=1S/C15H18F2N2O4S/c1-9(2)19-13(20)6-18-14(21)7-23-15(22)8-24-12-5-10(16)3-4-11(12)17/h3-5,9H,6-8H2,1-2H3,(H,18,21)(H,19,20). The van der Waals surface area contributed by atoms with Gasteiger partial charge in [0.15, 0.2) is 6.61 Å². The molecule has 1 aromatic carbocycles. The van der Waals surface area contributed by atoms with Crippen LogP contribution in [0.15, 0.2) is 23.1 Å². The average Bonchev–Trinajstić information content (AvgIpc) is 2.51. The van der Waals surface area contributed by atoms with E-state index in [0.29, 0.717) is 0 Å². The van der Waals surface area contributed by atoms with Crippen molar-refractivity contribution in [2.75, 3.05) is 18.9 Å². The zero-order chi connectivity index (χ0) is 18.1. The molecular weight excluding hydrogens is 342 g/mol. The molecule has 0 aliphatic carbocycles. The van der Waals surface area contributed by atoms with Gasteiger partial charge in [0.2, 0.25) is 5.91 Å². The van der Waals surface area contributed by atoms with Crippen LogP contribution < -0.4 is 10.6 Å². The SMILES string of the molecule is CC(C)NC(=O)CNC(=O)COC(=O)CSc1cc(F)ccc1F. The Morgan fingerprint density at radius 3 is 2.58 bits per heavy atom. The van der Waals surface area contributed by atoms with Gasteiger partial charge in [-0.2, -0.15) is 0 Å². The third-order valence-electron chi connectivity index (χ3n) is 2.50. The highest BCUT2D eigenvalue weighted by Crippen LogP contribution is 2.22. The van der Waals surface area contributed by atoms with Gasteiger partial charge in [0.05, 0.1) is 12.3 Å². The Labute approximate surface area is 142 Å². The number of halogens is 2. The predicted octanol–water partition coefficient (Wildman–Crippen LogP) is 1.24. The lowest BCUT2D eigenvalue weighted by molar-refractivity contribution is -0.146. The maximum Gasteiger partial charge on any atom is 0.316 e. The van der Waals surface area contributed by atoms with Gasteiger partial charge < -0.3 is 15.4 Å². The summed E-state index contributed by atoms with van der Waals surface area (Å²) in [6, 6.07) is 2.84. The lowest BCUT2D eigenvalue weighted by Gasteiger charge is -2.09. The summed E-state index contributed by atoms with van der Waals surface area (Å²) in [5, 5.41) is 4.87. The van der Waals surface area contributed by atoms with E-state index in [2.05, 4.69) is 15.4 Å². The van der Waals surface area contributed by atoms with Crippen molar-refractivity contribution < 1.29 is 27.9 Å². The fourth-order valence-corrected chi connectivity index (χ4v) is 2.27. The van der Waals surface area contributed by atoms with Crippen molar-refractivity contribution in [1.29, 1.82) is 0 Å². The summed E-state index contributed by atoms with van der Waals surface area (Å²) in [4.78, 5) is 34.2. The molecule has 0 saturated heterocycles. The Balaban J connectivity index is 2.27. The Morgan fingerprint density at radius 1 is 1.21 bits per heavy atom. The molecule has 0 saturated carbocycles. The van der Waals surface area contributed by atoms with Crippen molar-refractivity contribution in [3.05, 3.63) is 29.8 Å². The first-order valence-electron chi connectivity index (χ1n) is 7.07. The summed E-state index contributed by atoms with van der Waals surface area (Å²) in [6.07, 6.45) is 0. The molecule has 0 radical (unpaired) electrons. The normalized spacial score (nSPS) is 10.4. The van der Waals surface area contributed by atoms with Gasteiger partial charge in [-0.15, -0.1) is 11.8 Å². The number of carbonyl (C=O) groups excluding carboxylic acids is 3. The number of ether oxygens (including phenoxy) is 1. The molecule has 9 heteroatoms. The minimum atomic E-state index is -0.759. The van der Waals surface area contributed by atoms with E-state index in [4.69, 9.17) is 0 Å². The molecule has 0 aliphatic rings. The van der Waals surface area contributed by atoms with Crippen LogP contribution in [0.3, 0.4) is 0 Å². The van der Waals surface area contributed by atoms with E-state index < -0.39 is 30.1 Å². The molecule has 24 heavy (non-hydrogen) atoms. The smallest absolute Gasteiger partial charge is 0.316 e. The first-order valence-corrected chi connectivity index (χ1v) is 8.06. The van der Waals surface area contributed by atoms with Crippen molar-refractivity contribution in [2.24, 2.45) is 0 Å². The number of esters is 1. The Kier molecular flexibility index (Phi) is 8.17. The molecule has 0 bridgehead atoms. The van der Waals surface area contributed by atoms with Crippen molar-refractivity contribution in [2.45, 2.75) is 24.8 Å². The van der Waals surface area contributed by atoms with Crippen molar-refractivity contribution in [3.63, 3.8) is 0 Å². The molecule has 0 fully saturated rings. The molecule has 1 rings (SSSR count). The van der Waals surface area contributed by atoms with E-state index in [1.807, 2.05) is 0 Å². The molecule has 0 aliphatic heterocycles. The molecule has 0 aromatic heterocycles. The highest BCUT2D eigenvalue weighted by Gasteiger charge is 2.12. The number of hydrogen-bond acceptors (Lipinski definition) is 5. The van der Waals surface area contributed by atoms with E-state index in [1.165, 1.54) is 0 Å². The zero-order valence-corrected chi connectivity index (χ0v) is 14.0. The molecule has 0 heterocycles. The van der Waals surface area contributed by atoms with Gasteiger partial charge in [-0.3, -0.25) is 14.4 Å². The first kappa shape index (κ1) is 19.9. The molecule has 1 aromatic rings. The van der Waals surface area contributed by atoms with Gasteiger partial charge in [-0.25, -0.2) is 8.78 Å². The predicted molar refractivity (Wildman–Crippen MR) is 84.3 cm³/mol. The minimum absolute atomic E-state index is 0.0261. The van der Waals surface area contributed by atoms with Crippen LogP contribution in [0.4, 0.5) is 8.78 Å². The van der Waals surface area contributed by atoms with Crippen LogP contribution in [-0.4, -0.2) is 42.7 Å². The number of nitrogens with one attached hydrogen (secondary N) is 2. The van der Waals surface area contributed by atoms with Crippen LogP contribution in [0.25, 0.3) is 0 Å². The quantitative estimate of drug-likeness (QED) is 0.538. The van der Waals surface area contributed by atoms with Gasteiger partial charge in [-0.1, -0.05) is 0 Å². The number of benzene rings is 1. The maximum absolute atomic E-state index is 13.4. The Bertz CT molecular complexity index is 611. The number of hydrogen-bond donors (Lipinski definition) is 2. The van der Waals surface area contributed by atoms with Crippen LogP contribution in [-0.2, 0) is 19.1 Å². The van der Waals surface area contributed by atoms with Crippen LogP contribution in [0.2, 0.25) is 0 Å². The fourth-order valence-electron chi connectivity index (χ4n) is 1.52. The van der Waals surface area contributed by atoms with Gasteiger partial charge in [0.25, 0.3) is 5.91 Å². The van der Waals surface area contributed by atoms with Gasteiger partial charge >= 0.3 is 5.97 Å². The fraction of sp³-hybridized carbons (Fsp3) is 0.400. The van der Waals surface area contributed by atoms with E-state index in [0.717, 1.165) is 30.0 Å². The summed E-state index contributed by atoms with van der Waals surface area (Å²) >= 11 is 0.761. The molecular formula is C15H18F2N2O4S. The first-order chi connectivity index (χ1) is 11.3. The summed E-state index contributed by atoms with van der Waals surface area (Å²) in [6.45, 7) is 2.78. The summed E-state index contributed by atoms with van der Waals surface area (Å²) in [5.74, 6) is -3.30. The Morgan fingerprint density at radius 2 is 1.92 bits per heavy atom. The van der Waals surface area contributed by atoms with E-state index >= 15 is 0 Å². The number of carbonyl (C=O) groups is 3. The van der Waals surface area contributed by atoms with Crippen molar-refractivity contribution >= 4 is 29.5 Å². The van der Waals surface area contributed by atoms with E-state index in [1.54, 1.807) is 13.8 Å². The van der Waals surface area contributed by atoms with Crippen molar-refractivity contribution in [1.82, 2.24) is 10.6 Å². The zero-order valence-electron chi connectivity index (χ0n) is 13.2. The van der Waals surface area contributed by atoms with Crippen LogP contribution in [0, 0.1) is 11.6 Å². The van der Waals surface area contributed by atoms with Gasteiger partial charge in [0, 0.05) is 10.9 Å². The highest BCUT2D eigenvalue weighted by molar-refractivity contribution is 8.00. The van der Waals surface area contributed by atoms with E-state index in [9.17, 15) is 23.2 Å². The number of rotatable bonds is 8. The summed E-state index contributed by atoms with van der Waals surface area (Å²) in [5.41, 5.74) is 0. The molecule has 2 N–H and O–H groups in total. The Hall–Kier alpha value is -2.16. The highest BCUT2D eigenvalue weighted by atomic mass is 32.2. The van der Waals surface area contributed by atoms with Gasteiger partial charge in [-0.05, 0) is 32.0 Å². The van der Waals surface area contributed by atoms with E-state index in [-0.39, 0.29) is 29.1 Å². The second-order valence-electron chi connectivity index (χ2n) is 5.02. The lowest BCUT2D eigenvalue weighted by atomic mass is 10.3. The van der Waals surface area contributed by atoms with Crippen LogP contribution >= 0.6 is 11.8 Å². The summed E-state index contributed by atoms with van der Waals surface area (Å²) < 4.78 is 31.0. The van der Waals surface area contributed by atoms with Crippen LogP contribution in [0.5, 0.6) is 0 Å². The number of thioether (sulfide) groups is 1. The third-order valence-corrected chi connectivity index (χ3v) is 3.50. The largest absolute Gasteiger partial charge is 0.455 e. The molecule has 2 amide bonds. The second kappa shape index (κ2) is 9.86. The number of amides is 2. The topological polar surface area (TPSA) is 84.5 Å². The van der Waals surface area contributed by atoms with Gasteiger partial charge in [0.1, 0.15) is 11.6 Å². The molecule has 0 atom stereocenters. The molecule has 0 spiro atoms. The lowest BCUT2D eigenvalue weighted by Crippen LogP contribution is -2.41. The maximum atomic E-state index is 13.4. The molecule has 0 unspecified atom stereocenters. The third kappa shape index (κ3) is 7.91. The monoisotopic (exact) mass is 360 g/mol. The molecule has 132 valence electrons.